The molecule has 20 heavy (non-hydrogen) atoms. The molecule has 0 aliphatic heterocycles. The van der Waals surface area contributed by atoms with Gasteiger partial charge in [-0.2, -0.15) is 0 Å². The number of aromatic nitrogens is 1. The van der Waals surface area contributed by atoms with Crippen LogP contribution in [0.1, 0.15) is 31.0 Å². The average Bonchev–Trinajstić information content (AvgIpc) is 2.39. The second kappa shape index (κ2) is 6.86. The van der Waals surface area contributed by atoms with Crippen molar-refractivity contribution < 1.29 is 4.74 Å². The zero-order chi connectivity index (χ0) is 14.5. The van der Waals surface area contributed by atoms with Gasteiger partial charge in [0.2, 0.25) is 0 Å². The maximum absolute atomic E-state index is 5.76. The number of rotatable bonds is 5. The number of halogens is 1. The van der Waals surface area contributed by atoms with Crippen LogP contribution in [0.15, 0.2) is 47.2 Å². The fourth-order valence-corrected chi connectivity index (χ4v) is 2.53. The van der Waals surface area contributed by atoms with Crippen LogP contribution < -0.4 is 10.1 Å². The monoisotopic (exact) mass is 334 g/mol. The van der Waals surface area contributed by atoms with Gasteiger partial charge >= 0.3 is 0 Å². The molecule has 0 saturated carbocycles. The van der Waals surface area contributed by atoms with Gasteiger partial charge < -0.3 is 10.1 Å². The minimum Gasteiger partial charge on any atom is -0.491 e. The van der Waals surface area contributed by atoms with Crippen molar-refractivity contribution in [1.82, 2.24) is 10.3 Å². The van der Waals surface area contributed by atoms with Crippen molar-refractivity contribution >= 4 is 15.9 Å². The molecule has 0 saturated heterocycles. The first-order valence-corrected chi connectivity index (χ1v) is 7.43. The third kappa shape index (κ3) is 3.81. The minimum absolute atomic E-state index is 0.0933. The number of hydrogen-bond acceptors (Lipinski definition) is 3. The number of pyridine rings is 1. The summed E-state index contributed by atoms with van der Waals surface area (Å²) in [5.41, 5.74) is 2.27. The predicted molar refractivity (Wildman–Crippen MR) is 85.0 cm³/mol. The number of hydrogen-bond donors (Lipinski definition) is 1. The van der Waals surface area contributed by atoms with E-state index in [0.29, 0.717) is 0 Å². The summed E-state index contributed by atoms with van der Waals surface area (Å²) in [6.07, 6.45) is 3.84. The van der Waals surface area contributed by atoms with Crippen LogP contribution in [-0.2, 0) is 0 Å². The van der Waals surface area contributed by atoms with Crippen LogP contribution in [0.2, 0.25) is 0 Å². The van der Waals surface area contributed by atoms with E-state index in [2.05, 4.69) is 44.4 Å². The lowest BCUT2D eigenvalue weighted by atomic mass is 10.0. The largest absolute Gasteiger partial charge is 0.491 e. The Bertz CT molecular complexity index is 572. The summed E-state index contributed by atoms with van der Waals surface area (Å²) in [7, 11) is 1.95. The molecule has 0 amide bonds. The molecule has 1 unspecified atom stereocenters. The smallest absolute Gasteiger partial charge is 0.120 e. The second-order valence-corrected chi connectivity index (χ2v) is 5.81. The molecule has 1 aromatic heterocycles. The van der Waals surface area contributed by atoms with Crippen LogP contribution >= 0.6 is 15.9 Å². The average molecular weight is 335 g/mol. The minimum atomic E-state index is 0.0933. The summed E-state index contributed by atoms with van der Waals surface area (Å²) in [4.78, 5) is 4.23. The van der Waals surface area contributed by atoms with Crippen molar-refractivity contribution in [3.63, 3.8) is 0 Å². The molecular weight excluding hydrogens is 316 g/mol. The Hall–Kier alpha value is -1.39. The van der Waals surface area contributed by atoms with Gasteiger partial charge in [0.15, 0.2) is 0 Å². The number of nitrogens with zero attached hydrogens (tertiary/aromatic N) is 1. The van der Waals surface area contributed by atoms with Crippen LogP contribution in [-0.4, -0.2) is 18.1 Å². The summed E-state index contributed by atoms with van der Waals surface area (Å²) >= 11 is 3.46. The van der Waals surface area contributed by atoms with E-state index in [1.165, 1.54) is 0 Å². The van der Waals surface area contributed by atoms with Crippen LogP contribution in [0, 0.1) is 0 Å². The number of benzene rings is 1. The third-order valence-electron chi connectivity index (χ3n) is 2.91. The quantitative estimate of drug-likeness (QED) is 0.899. The molecule has 1 heterocycles. The Morgan fingerprint density at radius 2 is 1.95 bits per heavy atom. The fraction of sp³-hybridized carbons (Fsp3) is 0.312. The summed E-state index contributed by atoms with van der Waals surface area (Å²) in [5.74, 6) is 0.890. The summed E-state index contributed by atoms with van der Waals surface area (Å²) in [6, 6.07) is 10.3. The van der Waals surface area contributed by atoms with E-state index in [1.54, 1.807) is 6.20 Å². The Balaban J connectivity index is 2.32. The van der Waals surface area contributed by atoms with E-state index in [1.807, 2.05) is 39.2 Å². The van der Waals surface area contributed by atoms with Gasteiger partial charge in [-0.25, -0.2) is 0 Å². The first-order chi connectivity index (χ1) is 9.60. The SMILES string of the molecule is CNC(c1cncc(Br)c1)c1cccc(OC(C)C)c1. The zero-order valence-corrected chi connectivity index (χ0v) is 13.5. The molecule has 0 bridgehead atoms. The van der Waals surface area contributed by atoms with Crippen molar-refractivity contribution in [1.29, 1.82) is 0 Å². The van der Waals surface area contributed by atoms with Crippen molar-refractivity contribution in [2.24, 2.45) is 0 Å². The molecule has 1 aromatic carbocycles. The standard InChI is InChI=1S/C16H19BrN2O/c1-11(2)20-15-6-4-5-12(8-15)16(18-3)13-7-14(17)10-19-9-13/h4-11,16,18H,1-3H3. The van der Waals surface area contributed by atoms with Gasteiger partial charge in [0.1, 0.15) is 5.75 Å². The maximum atomic E-state index is 5.76. The van der Waals surface area contributed by atoms with E-state index in [4.69, 9.17) is 4.74 Å². The van der Waals surface area contributed by atoms with E-state index in [9.17, 15) is 0 Å². The topological polar surface area (TPSA) is 34.2 Å². The van der Waals surface area contributed by atoms with Gasteiger partial charge in [0.05, 0.1) is 12.1 Å². The molecule has 2 aromatic rings. The molecular formula is C16H19BrN2O. The molecule has 106 valence electrons. The van der Waals surface area contributed by atoms with Gasteiger partial charge in [-0.3, -0.25) is 4.98 Å². The van der Waals surface area contributed by atoms with Crippen molar-refractivity contribution in [3.05, 3.63) is 58.3 Å². The van der Waals surface area contributed by atoms with Gasteiger partial charge in [-0.15, -0.1) is 0 Å². The number of nitrogens with one attached hydrogen (secondary N) is 1. The molecule has 0 aliphatic carbocycles. The highest BCUT2D eigenvalue weighted by atomic mass is 79.9. The first-order valence-electron chi connectivity index (χ1n) is 6.64. The van der Waals surface area contributed by atoms with E-state index < -0.39 is 0 Å². The molecule has 0 aliphatic rings. The summed E-state index contributed by atoms with van der Waals surface area (Å²) < 4.78 is 6.73. The number of ether oxygens (including phenoxy) is 1. The molecule has 2 rings (SSSR count). The van der Waals surface area contributed by atoms with E-state index in [0.717, 1.165) is 21.3 Å². The predicted octanol–water partition coefficient (Wildman–Crippen LogP) is 3.94. The molecule has 0 spiro atoms. The molecule has 1 N–H and O–H groups in total. The van der Waals surface area contributed by atoms with Crippen molar-refractivity contribution in [2.75, 3.05) is 7.05 Å². The third-order valence-corrected chi connectivity index (χ3v) is 3.34. The molecule has 0 radical (unpaired) electrons. The van der Waals surface area contributed by atoms with Crippen molar-refractivity contribution in [3.8, 4) is 5.75 Å². The molecule has 4 heteroatoms. The molecule has 0 fully saturated rings. The Kier molecular flexibility index (Phi) is 5.15. The normalized spacial score (nSPS) is 12.4. The molecule has 3 nitrogen and oxygen atoms in total. The Morgan fingerprint density at radius 1 is 1.15 bits per heavy atom. The van der Waals surface area contributed by atoms with Gasteiger partial charge in [-0.1, -0.05) is 12.1 Å². The van der Waals surface area contributed by atoms with Gasteiger partial charge in [-0.05, 0) is 66.2 Å². The van der Waals surface area contributed by atoms with Crippen LogP contribution in [0.4, 0.5) is 0 Å². The summed E-state index contributed by atoms with van der Waals surface area (Å²) in [6.45, 7) is 4.06. The zero-order valence-electron chi connectivity index (χ0n) is 11.9. The highest BCUT2D eigenvalue weighted by molar-refractivity contribution is 9.10. The van der Waals surface area contributed by atoms with Gasteiger partial charge in [0.25, 0.3) is 0 Å². The summed E-state index contributed by atoms with van der Waals surface area (Å²) in [5, 5.41) is 3.33. The lowest BCUT2D eigenvalue weighted by Crippen LogP contribution is -2.18. The Labute approximate surface area is 128 Å². The first kappa shape index (κ1) is 15.0. The lowest BCUT2D eigenvalue weighted by molar-refractivity contribution is 0.242. The lowest BCUT2D eigenvalue weighted by Gasteiger charge is -2.18. The highest BCUT2D eigenvalue weighted by Crippen LogP contribution is 2.26. The van der Waals surface area contributed by atoms with Crippen LogP contribution in [0.25, 0.3) is 0 Å². The van der Waals surface area contributed by atoms with Gasteiger partial charge in [0, 0.05) is 16.9 Å². The highest BCUT2D eigenvalue weighted by Gasteiger charge is 2.13. The van der Waals surface area contributed by atoms with E-state index in [-0.39, 0.29) is 12.1 Å². The Morgan fingerprint density at radius 3 is 2.60 bits per heavy atom. The van der Waals surface area contributed by atoms with Crippen LogP contribution in [0.5, 0.6) is 5.75 Å². The van der Waals surface area contributed by atoms with Crippen molar-refractivity contribution in [2.45, 2.75) is 26.0 Å². The van der Waals surface area contributed by atoms with E-state index >= 15 is 0 Å². The molecule has 1 atom stereocenters. The van der Waals surface area contributed by atoms with Crippen LogP contribution in [0.3, 0.4) is 0 Å². The second-order valence-electron chi connectivity index (χ2n) is 4.90. The fourth-order valence-electron chi connectivity index (χ4n) is 2.15. The maximum Gasteiger partial charge on any atom is 0.120 e.